The summed E-state index contributed by atoms with van der Waals surface area (Å²) in [6.07, 6.45) is 0. The molecule has 0 aliphatic carbocycles. The average molecular weight is 67.0 g/mol. The third-order valence-electron chi connectivity index (χ3n) is 0. The normalized spacial score (nSPS) is 1.00. The molecule has 0 heterocycles. The van der Waals surface area contributed by atoms with E-state index in [1.165, 1.54) is 0 Å². The molecule has 0 spiro atoms. The minimum Gasteiger partial charge on any atom is -0.412 e. The van der Waals surface area contributed by atoms with Crippen LogP contribution in [0.3, 0.4) is 0 Å². The lowest BCUT2D eigenvalue weighted by atomic mass is 14.0. The van der Waals surface area contributed by atoms with Crippen molar-refractivity contribution in [1.29, 1.82) is 0 Å². The van der Waals surface area contributed by atoms with E-state index in [9.17, 15) is 0 Å². The van der Waals surface area contributed by atoms with E-state index in [0.717, 1.165) is 0 Å². The standard InChI is InChI=1S/H3N.O2.H2O/c;1-2;/h1H3;;1H2. The Morgan fingerprint density at radius 1 is 1.00 bits per heavy atom. The summed E-state index contributed by atoms with van der Waals surface area (Å²) in [4.78, 5) is 14.0. The first kappa shape index (κ1) is 82.7. The summed E-state index contributed by atoms with van der Waals surface area (Å²) in [5.74, 6) is 0. The number of hydrogen-bond donors (Lipinski definition) is 1. The smallest absolute Gasteiger partial charge is 0 e. The monoisotopic (exact) mass is 67.0 g/mol. The molecular formula is H5NO3. The zero-order valence-electron chi connectivity index (χ0n) is 2.02. The molecule has 4 heavy (non-hydrogen) atoms. The third kappa shape index (κ3) is 1.78. The van der Waals surface area contributed by atoms with Gasteiger partial charge < -0.3 is 11.6 Å². The van der Waals surface area contributed by atoms with Crippen molar-refractivity contribution in [3.8, 4) is 0 Å². The van der Waals surface area contributed by atoms with Gasteiger partial charge >= 0.3 is 0 Å². The average Bonchev–Trinajstić information content (AvgIpc) is 1.00. The van der Waals surface area contributed by atoms with Crippen LogP contribution in [0.25, 0.3) is 0 Å². The van der Waals surface area contributed by atoms with Gasteiger partial charge in [-0.05, 0) is 0 Å². The zero-order valence-corrected chi connectivity index (χ0v) is 2.02. The SMILES string of the molecule is N.O.O=O. The summed E-state index contributed by atoms with van der Waals surface area (Å²) in [5, 5.41) is 0. The van der Waals surface area contributed by atoms with Gasteiger partial charge in [0.25, 0.3) is 0 Å². The van der Waals surface area contributed by atoms with Crippen LogP contribution in [0.5, 0.6) is 0 Å². The maximum Gasteiger partial charge on any atom is 0 e. The van der Waals surface area contributed by atoms with Crippen molar-refractivity contribution >= 4 is 0 Å². The van der Waals surface area contributed by atoms with E-state index in [-0.39, 0.29) is 11.6 Å². The van der Waals surface area contributed by atoms with Gasteiger partial charge in [0.2, 0.25) is 0 Å². The summed E-state index contributed by atoms with van der Waals surface area (Å²) >= 11 is 0. The Kier molecular flexibility index (Phi) is 522. The van der Waals surface area contributed by atoms with Crippen molar-refractivity contribution in [2.24, 2.45) is 0 Å². The molecule has 0 aromatic carbocycles. The Morgan fingerprint density at radius 3 is 1.00 bits per heavy atom. The van der Waals surface area contributed by atoms with Crippen molar-refractivity contribution < 1.29 is 5.48 Å². The van der Waals surface area contributed by atoms with E-state index in [1.807, 2.05) is 0 Å². The fourth-order valence-electron chi connectivity index (χ4n) is 0. The summed E-state index contributed by atoms with van der Waals surface area (Å²) in [7, 11) is 0. The zero-order chi connectivity index (χ0) is 2.00. The van der Waals surface area contributed by atoms with Crippen molar-refractivity contribution in [1.82, 2.24) is 6.15 Å². The third-order valence-corrected chi connectivity index (χ3v) is 0. The minimum absolute atomic E-state index is 0. The first-order valence-electron chi connectivity index (χ1n) is 0.167. The fourth-order valence-corrected chi connectivity index (χ4v) is 0. The number of hydrogen-bond acceptors (Lipinski definition) is 3. The van der Waals surface area contributed by atoms with E-state index in [4.69, 9.17) is 9.93 Å². The summed E-state index contributed by atoms with van der Waals surface area (Å²) < 4.78 is 0. The topological polar surface area (TPSA) is 101 Å². The van der Waals surface area contributed by atoms with Crippen molar-refractivity contribution in [3.63, 3.8) is 0 Å². The van der Waals surface area contributed by atoms with Crippen molar-refractivity contribution in [2.45, 2.75) is 0 Å². The predicted molar refractivity (Wildman–Crippen MR) is 15.4 cm³/mol. The van der Waals surface area contributed by atoms with Crippen LogP contribution in [-0.4, -0.2) is 5.48 Å². The highest BCUT2D eigenvalue weighted by Crippen LogP contribution is 0.741. The van der Waals surface area contributed by atoms with Crippen LogP contribution in [0.1, 0.15) is 0 Å². The molecule has 5 N–H and O–H groups in total. The van der Waals surface area contributed by atoms with Gasteiger partial charge in [-0.3, -0.25) is 0 Å². The summed E-state index contributed by atoms with van der Waals surface area (Å²) in [6, 6.07) is 0. The van der Waals surface area contributed by atoms with Gasteiger partial charge in [-0.15, -0.1) is 0 Å². The Morgan fingerprint density at radius 2 is 1.00 bits per heavy atom. The molecule has 4 heteroatoms. The van der Waals surface area contributed by atoms with Crippen molar-refractivity contribution in [2.75, 3.05) is 0 Å². The molecule has 0 bridgehead atoms. The Hall–Kier alpha value is -0.480. The van der Waals surface area contributed by atoms with Crippen LogP contribution in [0.15, 0.2) is 0 Å². The van der Waals surface area contributed by atoms with E-state index in [2.05, 4.69) is 0 Å². The van der Waals surface area contributed by atoms with Crippen LogP contribution >= 0.6 is 0 Å². The lowest BCUT2D eigenvalue weighted by Crippen LogP contribution is -0.674. The maximum absolute atomic E-state index is 7.00. The molecule has 0 unspecified atom stereocenters. The molecule has 0 radical (unpaired) electrons. The first-order valence-corrected chi connectivity index (χ1v) is 0.167. The predicted octanol–water partition coefficient (Wildman–Crippen LogP) is -0.596. The van der Waals surface area contributed by atoms with Gasteiger partial charge in [-0.1, -0.05) is 0 Å². The Bertz CT molecular complexity index is 3.25. The highest BCUT2D eigenvalue weighted by atomic mass is 16.7. The lowest BCUT2D eigenvalue weighted by molar-refractivity contribution is 0.824. The highest BCUT2D eigenvalue weighted by Gasteiger charge is 0.707. The van der Waals surface area contributed by atoms with E-state index >= 15 is 0 Å². The molecule has 0 aromatic heterocycles. The van der Waals surface area contributed by atoms with E-state index in [1.54, 1.807) is 0 Å². The second kappa shape index (κ2) is 25.3. The van der Waals surface area contributed by atoms with Gasteiger partial charge in [0, 0.05) is 9.93 Å². The van der Waals surface area contributed by atoms with Gasteiger partial charge in [-0.25, -0.2) is 0 Å². The van der Waals surface area contributed by atoms with Crippen molar-refractivity contribution in [3.05, 3.63) is 9.93 Å². The molecule has 4 nitrogen and oxygen atoms in total. The molecular weight excluding hydrogens is 62.0 g/mol. The molecule has 0 saturated heterocycles. The summed E-state index contributed by atoms with van der Waals surface area (Å²) in [6.45, 7) is 0. The van der Waals surface area contributed by atoms with Crippen LogP contribution < -0.4 is 6.15 Å². The van der Waals surface area contributed by atoms with Gasteiger partial charge in [0.1, 0.15) is 0 Å². The van der Waals surface area contributed by atoms with Gasteiger partial charge in [0.15, 0.2) is 0 Å². The molecule has 0 fully saturated rings. The molecule has 28 valence electrons. The van der Waals surface area contributed by atoms with E-state index in [0.29, 0.717) is 0 Å². The fraction of sp³-hybridized carbons (Fsp3) is 0. The largest absolute Gasteiger partial charge is 0.412 e. The molecule has 0 atom stereocenters. The molecule has 0 aliphatic heterocycles. The first-order chi connectivity index (χ1) is 1.00. The molecule has 0 amide bonds. The molecule has 0 saturated carbocycles. The van der Waals surface area contributed by atoms with Crippen LogP contribution in [0.2, 0.25) is 0 Å². The van der Waals surface area contributed by atoms with E-state index < -0.39 is 0 Å². The second-order valence-electron chi connectivity index (χ2n) is 0. The van der Waals surface area contributed by atoms with Crippen LogP contribution in [0, 0.1) is 9.93 Å². The molecule has 0 aliphatic rings. The maximum atomic E-state index is 7.00. The van der Waals surface area contributed by atoms with Gasteiger partial charge in [0.05, 0.1) is 0 Å². The Balaban J connectivity index is -0.00000000500. The lowest BCUT2D eigenvalue weighted by Gasteiger charge is -0.707. The van der Waals surface area contributed by atoms with Crippen LogP contribution in [-0.2, 0) is 0 Å². The Labute approximate surface area is 22.9 Å². The summed E-state index contributed by atoms with van der Waals surface area (Å²) in [5.41, 5.74) is 0. The minimum atomic E-state index is 0. The molecule has 0 aromatic rings. The highest BCUT2D eigenvalue weighted by molar-refractivity contribution is 4.07. The number of rotatable bonds is 0. The quantitative estimate of drug-likeness (QED) is 0.409. The van der Waals surface area contributed by atoms with Gasteiger partial charge in [-0.2, -0.15) is 0 Å². The second-order valence-corrected chi connectivity index (χ2v) is 0. The van der Waals surface area contributed by atoms with Crippen LogP contribution in [0.4, 0.5) is 0 Å². The molecule has 0 rings (SSSR count).